The van der Waals surface area contributed by atoms with Gasteiger partial charge in [0.25, 0.3) is 0 Å². The second-order valence-electron chi connectivity index (χ2n) is 8.99. The third kappa shape index (κ3) is 14.8. The molecule has 0 fully saturated rings. The lowest BCUT2D eigenvalue weighted by Gasteiger charge is -2.35. The standard InChI is InChI=1S/C23H48NO3P/c1-6-8-9-10-11-12-13-14-15-16-17-18-19-20-21-22-27-28(25,26)23(7-2)24(3,4)5/h15-16,23H,6-14,17-22H2,1-5H3/p+1/b16-15-. The highest BCUT2D eigenvalue weighted by Gasteiger charge is 2.41. The van der Waals surface area contributed by atoms with Crippen molar-refractivity contribution in [3.63, 3.8) is 0 Å². The number of allylic oxidation sites excluding steroid dienone is 2. The summed E-state index contributed by atoms with van der Waals surface area (Å²) in [6, 6.07) is 0. The average molecular weight is 419 g/mol. The summed E-state index contributed by atoms with van der Waals surface area (Å²) in [5.41, 5.74) is 0. The maximum Gasteiger partial charge on any atom is 0.385 e. The van der Waals surface area contributed by atoms with Crippen LogP contribution in [0.4, 0.5) is 0 Å². The van der Waals surface area contributed by atoms with E-state index in [0.717, 1.165) is 25.7 Å². The van der Waals surface area contributed by atoms with Crippen molar-refractivity contribution < 1.29 is 18.5 Å². The van der Waals surface area contributed by atoms with Crippen LogP contribution in [-0.4, -0.2) is 42.9 Å². The number of nitrogens with zero attached hydrogens (tertiary/aromatic N) is 1. The highest BCUT2D eigenvalue weighted by Crippen LogP contribution is 2.51. The number of hydrogen-bond donors (Lipinski definition) is 1. The predicted molar refractivity (Wildman–Crippen MR) is 123 cm³/mol. The van der Waals surface area contributed by atoms with E-state index >= 15 is 0 Å². The van der Waals surface area contributed by atoms with Gasteiger partial charge in [-0.05, 0) is 32.1 Å². The van der Waals surface area contributed by atoms with Crippen LogP contribution in [0.15, 0.2) is 12.2 Å². The van der Waals surface area contributed by atoms with Crippen molar-refractivity contribution in [2.45, 2.75) is 110 Å². The number of hydrogen-bond acceptors (Lipinski definition) is 2. The van der Waals surface area contributed by atoms with Gasteiger partial charge in [0.1, 0.15) is 0 Å². The van der Waals surface area contributed by atoms with Crippen molar-refractivity contribution in [3.05, 3.63) is 12.2 Å². The summed E-state index contributed by atoms with van der Waals surface area (Å²) in [6.45, 7) is 4.60. The molecule has 0 radical (unpaired) electrons. The van der Waals surface area contributed by atoms with Crippen molar-refractivity contribution in [1.29, 1.82) is 0 Å². The van der Waals surface area contributed by atoms with Gasteiger partial charge in [0, 0.05) is 6.42 Å². The van der Waals surface area contributed by atoms with Gasteiger partial charge in [-0.25, -0.2) is 0 Å². The molecule has 0 aromatic heterocycles. The van der Waals surface area contributed by atoms with E-state index in [-0.39, 0.29) is 5.78 Å². The SMILES string of the molecule is CCCCCCCCC/C=C\CCCCCCOP(=O)(O)C(CC)[N+](C)(C)C. The number of rotatable bonds is 19. The maximum atomic E-state index is 12.4. The highest BCUT2D eigenvalue weighted by atomic mass is 31.2. The Labute approximate surface area is 175 Å². The average Bonchev–Trinajstić information content (AvgIpc) is 2.60. The van der Waals surface area contributed by atoms with Gasteiger partial charge in [0.05, 0.1) is 27.7 Å². The van der Waals surface area contributed by atoms with E-state index in [9.17, 15) is 9.46 Å². The van der Waals surface area contributed by atoms with Crippen LogP contribution in [0.1, 0.15) is 104 Å². The molecule has 28 heavy (non-hydrogen) atoms. The molecule has 0 aromatic carbocycles. The van der Waals surface area contributed by atoms with E-state index in [2.05, 4.69) is 19.1 Å². The molecule has 0 aliphatic heterocycles. The molecule has 0 saturated carbocycles. The van der Waals surface area contributed by atoms with Gasteiger partial charge in [0.15, 0.2) is 5.78 Å². The largest absolute Gasteiger partial charge is 0.385 e. The molecule has 2 unspecified atom stereocenters. The lowest BCUT2D eigenvalue weighted by molar-refractivity contribution is -0.883. The Bertz CT molecular complexity index is 432. The zero-order chi connectivity index (χ0) is 21.3. The Kier molecular flexibility index (Phi) is 16.5. The van der Waals surface area contributed by atoms with Crippen molar-refractivity contribution in [1.82, 2.24) is 0 Å². The summed E-state index contributed by atoms with van der Waals surface area (Å²) in [7, 11) is 2.29. The van der Waals surface area contributed by atoms with Crippen molar-refractivity contribution in [3.8, 4) is 0 Å². The van der Waals surface area contributed by atoms with Gasteiger partial charge in [-0.3, -0.25) is 4.57 Å². The van der Waals surface area contributed by atoms with Crippen LogP contribution < -0.4 is 0 Å². The van der Waals surface area contributed by atoms with Crippen LogP contribution in [0.5, 0.6) is 0 Å². The van der Waals surface area contributed by atoms with Gasteiger partial charge in [-0.1, -0.05) is 77.4 Å². The second kappa shape index (κ2) is 16.6. The van der Waals surface area contributed by atoms with Crippen LogP contribution in [0.25, 0.3) is 0 Å². The van der Waals surface area contributed by atoms with Gasteiger partial charge in [-0.15, -0.1) is 0 Å². The summed E-state index contributed by atoms with van der Waals surface area (Å²) in [5, 5.41) is 0. The lowest BCUT2D eigenvalue weighted by atomic mass is 10.1. The first-order valence-electron chi connectivity index (χ1n) is 11.7. The molecule has 4 nitrogen and oxygen atoms in total. The molecule has 0 amide bonds. The zero-order valence-corrected chi connectivity index (χ0v) is 20.4. The molecule has 5 heteroatoms. The first kappa shape index (κ1) is 27.8. The first-order chi connectivity index (χ1) is 13.3. The van der Waals surface area contributed by atoms with Crippen LogP contribution >= 0.6 is 7.60 Å². The molecule has 168 valence electrons. The Morgan fingerprint density at radius 2 is 1.29 bits per heavy atom. The molecular weight excluding hydrogens is 369 g/mol. The van der Waals surface area contributed by atoms with Crippen molar-refractivity contribution in [2.75, 3.05) is 27.7 Å². The fourth-order valence-corrected chi connectivity index (χ4v) is 5.57. The number of unbranched alkanes of at least 4 members (excludes halogenated alkanes) is 11. The predicted octanol–water partition coefficient (Wildman–Crippen LogP) is 7.28. The summed E-state index contributed by atoms with van der Waals surface area (Å²) in [6.07, 6.45) is 21.6. The van der Waals surface area contributed by atoms with E-state index in [1.54, 1.807) is 0 Å². The van der Waals surface area contributed by atoms with E-state index in [1.165, 1.54) is 57.8 Å². The van der Waals surface area contributed by atoms with Crippen molar-refractivity contribution in [2.24, 2.45) is 0 Å². The Morgan fingerprint density at radius 1 is 0.821 bits per heavy atom. The Morgan fingerprint density at radius 3 is 1.75 bits per heavy atom. The van der Waals surface area contributed by atoms with Crippen LogP contribution in [0.3, 0.4) is 0 Å². The monoisotopic (exact) mass is 418 g/mol. The molecule has 0 spiro atoms. The minimum absolute atomic E-state index is 0.353. The molecular formula is C23H49NO3P+. The molecule has 0 aliphatic carbocycles. The van der Waals surface area contributed by atoms with Crippen LogP contribution in [-0.2, 0) is 9.09 Å². The summed E-state index contributed by atoms with van der Waals surface area (Å²) in [4.78, 5) is 10.2. The Balaban J connectivity index is 3.58. The normalized spacial score (nSPS) is 15.8. The molecule has 2 atom stereocenters. The Hall–Kier alpha value is -0.150. The smallest absolute Gasteiger partial charge is 0.320 e. The number of quaternary nitrogens is 1. The molecule has 1 N–H and O–H groups in total. The van der Waals surface area contributed by atoms with E-state index in [1.807, 2.05) is 28.1 Å². The zero-order valence-electron chi connectivity index (χ0n) is 19.5. The fraction of sp³-hybridized carbons (Fsp3) is 0.913. The topological polar surface area (TPSA) is 46.5 Å². The van der Waals surface area contributed by atoms with Gasteiger partial charge in [-0.2, -0.15) is 0 Å². The third-order valence-electron chi connectivity index (χ3n) is 5.32. The minimum atomic E-state index is -3.55. The summed E-state index contributed by atoms with van der Waals surface area (Å²) in [5.74, 6) is -0.353. The molecule has 0 aromatic rings. The fourth-order valence-electron chi connectivity index (χ4n) is 3.67. The van der Waals surface area contributed by atoms with Gasteiger partial charge in [0.2, 0.25) is 0 Å². The quantitative estimate of drug-likeness (QED) is 0.104. The molecule has 0 rings (SSSR count). The van der Waals surface area contributed by atoms with Crippen molar-refractivity contribution >= 4 is 7.60 Å². The summed E-state index contributed by atoms with van der Waals surface area (Å²) < 4.78 is 18.3. The summed E-state index contributed by atoms with van der Waals surface area (Å²) >= 11 is 0. The lowest BCUT2D eigenvalue weighted by Crippen LogP contribution is -2.44. The van der Waals surface area contributed by atoms with Gasteiger partial charge >= 0.3 is 7.60 Å². The van der Waals surface area contributed by atoms with Crippen LogP contribution in [0, 0.1) is 0 Å². The third-order valence-corrected chi connectivity index (χ3v) is 7.68. The van der Waals surface area contributed by atoms with E-state index in [4.69, 9.17) is 4.52 Å². The van der Waals surface area contributed by atoms with E-state index in [0.29, 0.717) is 17.5 Å². The first-order valence-corrected chi connectivity index (χ1v) is 13.3. The van der Waals surface area contributed by atoms with E-state index < -0.39 is 7.60 Å². The molecule has 0 aliphatic rings. The van der Waals surface area contributed by atoms with Gasteiger partial charge < -0.3 is 13.9 Å². The highest BCUT2D eigenvalue weighted by molar-refractivity contribution is 7.53. The second-order valence-corrected chi connectivity index (χ2v) is 11.0. The minimum Gasteiger partial charge on any atom is -0.320 e. The molecule has 0 bridgehead atoms. The molecule has 0 heterocycles. The maximum absolute atomic E-state index is 12.4. The van der Waals surface area contributed by atoms with Crippen LogP contribution in [0.2, 0.25) is 0 Å². The molecule has 0 saturated heterocycles.